The molecule has 0 aromatic carbocycles. The third kappa shape index (κ3) is 3.70. The Balaban J connectivity index is 2.63. The normalized spacial score (nSPS) is 26.2. The Bertz CT molecular complexity index is 165. The average Bonchev–Trinajstić information content (AvgIpc) is 2.58. The highest BCUT2D eigenvalue weighted by Crippen LogP contribution is 2.57. The Kier molecular flexibility index (Phi) is 3.28. The molecule has 0 amide bonds. The van der Waals surface area contributed by atoms with Crippen molar-refractivity contribution in [3.63, 3.8) is 0 Å². The van der Waals surface area contributed by atoms with E-state index < -0.39 is 20.4 Å². The molecule has 82 valence electrons. The first-order valence-electron chi connectivity index (χ1n) is 4.47. The van der Waals surface area contributed by atoms with Crippen molar-refractivity contribution in [1.82, 2.24) is 3.71 Å². The van der Waals surface area contributed by atoms with Crippen LogP contribution in [0, 0.1) is 0 Å². The van der Waals surface area contributed by atoms with Crippen LogP contribution in [0.4, 0.5) is 0 Å². The second-order valence-corrected chi connectivity index (χ2v) is 13.2. The zero-order valence-electron chi connectivity index (χ0n) is 9.66. The van der Waals surface area contributed by atoms with E-state index in [9.17, 15) is 0 Å². The topological polar surface area (TPSA) is 15.8 Å². The molecule has 1 fully saturated rings. The van der Waals surface area contributed by atoms with E-state index in [1.54, 1.807) is 0 Å². The van der Waals surface area contributed by atoms with E-state index in [0.717, 1.165) is 13.2 Å². The Labute approximate surface area is 85.9 Å². The zero-order chi connectivity index (χ0) is 10.3. The van der Waals surface area contributed by atoms with Gasteiger partial charge in [-0.05, 0) is 37.5 Å². The van der Waals surface area contributed by atoms with Crippen LogP contribution >= 0.6 is 20.4 Å². The molecule has 1 unspecified atom stereocenters. The zero-order valence-corrected chi connectivity index (χ0v) is 11.3. The maximum Gasteiger partial charge on any atom is 0.0954 e. The van der Waals surface area contributed by atoms with Crippen molar-refractivity contribution in [2.45, 2.75) is 6.10 Å². The summed E-state index contributed by atoms with van der Waals surface area (Å²) >= 11 is 0. The lowest BCUT2D eigenvalue weighted by molar-refractivity contribution is 0.392. The van der Waals surface area contributed by atoms with Gasteiger partial charge in [-0.15, -0.1) is 0 Å². The lowest BCUT2D eigenvalue weighted by Gasteiger charge is -2.51. The van der Waals surface area contributed by atoms with Crippen molar-refractivity contribution in [2.24, 2.45) is 0 Å². The lowest BCUT2D eigenvalue weighted by Crippen LogP contribution is -2.31. The lowest BCUT2D eigenvalue weighted by atomic mass is 10.5. The molecule has 0 aromatic rings. The van der Waals surface area contributed by atoms with Gasteiger partial charge in [0, 0.05) is 6.54 Å². The molecular formula is C9H23NOS2. The van der Waals surface area contributed by atoms with Crippen LogP contribution in [0.15, 0.2) is 0 Å². The number of hydrogen-bond donors (Lipinski definition) is 0. The summed E-state index contributed by atoms with van der Waals surface area (Å²) < 4.78 is 7.99. The summed E-state index contributed by atoms with van der Waals surface area (Å²) in [5.74, 6) is 0. The third-order valence-electron chi connectivity index (χ3n) is 1.98. The van der Waals surface area contributed by atoms with Gasteiger partial charge in [0.25, 0.3) is 0 Å². The molecule has 1 saturated heterocycles. The van der Waals surface area contributed by atoms with Gasteiger partial charge in [0.15, 0.2) is 0 Å². The minimum atomic E-state index is -0.587. The molecule has 1 rings (SSSR count). The van der Waals surface area contributed by atoms with Gasteiger partial charge >= 0.3 is 0 Å². The number of nitrogens with zero attached hydrogens (tertiary/aromatic N) is 1. The summed E-state index contributed by atoms with van der Waals surface area (Å²) in [5.41, 5.74) is 0. The Morgan fingerprint density at radius 3 is 1.69 bits per heavy atom. The van der Waals surface area contributed by atoms with Gasteiger partial charge in [0.1, 0.15) is 0 Å². The Morgan fingerprint density at radius 1 is 1.08 bits per heavy atom. The molecule has 0 aliphatic carbocycles. The second-order valence-electron chi connectivity index (χ2n) is 5.02. The van der Waals surface area contributed by atoms with Crippen LogP contribution in [0.1, 0.15) is 0 Å². The standard InChI is InChI=1S/C9H23NOS2/c1-12(2,3)10(13(4,5)6)7-9-8-11-9/h9H,7-8H2,1-6H3. The summed E-state index contributed by atoms with van der Waals surface area (Å²) in [4.78, 5) is 0. The smallest absolute Gasteiger partial charge is 0.0954 e. The maximum atomic E-state index is 5.31. The molecule has 0 aromatic heterocycles. The van der Waals surface area contributed by atoms with Gasteiger partial charge in [-0.3, -0.25) is 0 Å². The number of rotatable bonds is 4. The summed E-state index contributed by atoms with van der Waals surface area (Å²) in [6, 6.07) is 0. The van der Waals surface area contributed by atoms with Gasteiger partial charge in [-0.2, -0.15) is 20.4 Å². The molecule has 0 bridgehead atoms. The van der Waals surface area contributed by atoms with Gasteiger partial charge < -0.3 is 4.74 Å². The van der Waals surface area contributed by atoms with Gasteiger partial charge in [0.05, 0.1) is 12.7 Å². The highest BCUT2D eigenvalue weighted by molar-refractivity contribution is 8.43. The van der Waals surface area contributed by atoms with Crippen LogP contribution < -0.4 is 0 Å². The van der Waals surface area contributed by atoms with E-state index in [0.29, 0.717) is 6.10 Å². The SMILES string of the molecule is CS(C)(C)N(CC1CO1)S(C)(C)C. The van der Waals surface area contributed by atoms with E-state index in [-0.39, 0.29) is 0 Å². The highest BCUT2D eigenvalue weighted by atomic mass is 32.3. The summed E-state index contributed by atoms with van der Waals surface area (Å²) in [6.07, 6.45) is 14.7. The van der Waals surface area contributed by atoms with Gasteiger partial charge in [0.2, 0.25) is 0 Å². The van der Waals surface area contributed by atoms with Crippen LogP contribution in [-0.2, 0) is 4.74 Å². The van der Waals surface area contributed by atoms with Gasteiger partial charge in [-0.1, -0.05) is 0 Å². The molecule has 13 heavy (non-hydrogen) atoms. The minimum absolute atomic E-state index is 0.526. The van der Waals surface area contributed by atoms with Crippen molar-refractivity contribution in [3.8, 4) is 0 Å². The minimum Gasteiger partial charge on any atom is -0.372 e. The van der Waals surface area contributed by atoms with Crippen molar-refractivity contribution in [1.29, 1.82) is 0 Å². The molecule has 2 nitrogen and oxygen atoms in total. The maximum absolute atomic E-state index is 5.31. The van der Waals surface area contributed by atoms with Crippen molar-refractivity contribution >= 4 is 20.4 Å². The first-order chi connectivity index (χ1) is 5.71. The highest BCUT2D eigenvalue weighted by Gasteiger charge is 2.33. The van der Waals surface area contributed by atoms with Crippen molar-refractivity contribution in [2.75, 3.05) is 50.7 Å². The largest absolute Gasteiger partial charge is 0.372 e. The van der Waals surface area contributed by atoms with E-state index in [1.807, 2.05) is 0 Å². The number of hydrogen-bond acceptors (Lipinski definition) is 2. The molecule has 4 heteroatoms. The van der Waals surface area contributed by atoms with Crippen molar-refractivity contribution in [3.05, 3.63) is 0 Å². The Hall–Kier alpha value is 0.620. The molecule has 1 atom stereocenters. The van der Waals surface area contributed by atoms with E-state index in [1.165, 1.54) is 0 Å². The Morgan fingerprint density at radius 2 is 1.46 bits per heavy atom. The fraction of sp³-hybridized carbons (Fsp3) is 1.00. The van der Waals surface area contributed by atoms with E-state index in [2.05, 4.69) is 41.2 Å². The van der Waals surface area contributed by atoms with Crippen LogP contribution in [0.2, 0.25) is 0 Å². The predicted molar refractivity (Wildman–Crippen MR) is 67.2 cm³/mol. The predicted octanol–water partition coefficient (Wildman–Crippen LogP) is 1.91. The summed E-state index contributed by atoms with van der Waals surface area (Å²) in [6.45, 7) is 2.11. The molecule has 0 spiro atoms. The first kappa shape index (κ1) is 11.7. The summed E-state index contributed by atoms with van der Waals surface area (Å²) in [7, 11) is -1.17. The number of ether oxygens (including phenoxy) is 1. The van der Waals surface area contributed by atoms with E-state index in [4.69, 9.17) is 4.74 Å². The van der Waals surface area contributed by atoms with Crippen LogP contribution in [-0.4, -0.2) is 60.5 Å². The first-order valence-corrected chi connectivity index (χ1v) is 10.1. The monoisotopic (exact) mass is 225 g/mol. The van der Waals surface area contributed by atoms with Crippen LogP contribution in [0.5, 0.6) is 0 Å². The quantitative estimate of drug-likeness (QED) is 0.679. The molecule has 0 saturated carbocycles. The summed E-state index contributed by atoms with van der Waals surface area (Å²) in [5, 5.41) is 0. The fourth-order valence-corrected chi connectivity index (χ4v) is 8.05. The fourth-order valence-electron chi connectivity index (χ4n) is 1.46. The number of epoxide rings is 1. The molecule has 1 aliphatic heterocycles. The van der Waals surface area contributed by atoms with Gasteiger partial charge in [-0.25, -0.2) is 3.71 Å². The molecular weight excluding hydrogens is 202 g/mol. The second kappa shape index (κ2) is 3.65. The average molecular weight is 225 g/mol. The molecule has 0 radical (unpaired) electrons. The van der Waals surface area contributed by atoms with Crippen molar-refractivity contribution < 1.29 is 4.74 Å². The van der Waals surface area contributed by atoms with Crippen LogP contribution in [0.3, 0.4) is 0 Å². The third-order valence-corrected chi connectivity index (χ3v) is 7.40. The molecule has 1 heterocycles. The van der Waals surface area contributed by atoms with E-state index >= 15 is 0 Å². The van der Waals surface area contributed by atoms with Crippen LogP contribution in [0.25, 0.3) is 0 Å². The molecule has 0 N–H and O–H groups in total. The molecule has 1 aliphatic rings.